The molecule has 0 atom stereocenters. The van der Waals surface area contributed by atoms with Crippen molar-refractivity contribution in [2.45, 2.75) is 32.6 Å². The van der Waals surface area contributed by atoms with Crippen molar-refractivity contribution >= 4 is 35.1 Å². The first-order valence-corrected chi connectivity index (χ1v) is 8.73. The van der Waals surface area contributed by atoms with Gasteiger partial charge in [0.25, 0.3) is 11.8 Å². The van der Waals surface area contributed by atoms with Crippen molar-refractivity contribution in [3.05, 3.63) is 35.4 Å². The summed E-state index contributed by atoms with van der Waals surface area (Å²) in [5, 5.41) is 3.32. The highest BCUT2D eigenvalue weighted by Gasteiger charge is 2.34. The molecule has 0 radical (unpaired) electrons. The maximum atomic E-state index is 12.2. The van der Waals surface area contributed by atoms with E-state index in [1.54, 1.807) is 24.3 Å². The zero-order valence-corrected chi connectivity index (χ0v) is 14.9. The van der Waals surface area contributed by atoms with Crippen molar-refractivity contribution in [2.24, 2.45) is 0 Å². The number of hydrazine groups is 1. The summed E-state index contributed by atoms with van der Waals surface area (Å²) in [5.41, 5.74) is 5.82. The van der Waals surface area contributed by atoms with Crippen LogP contribution in [-0.4, -0.2) is 40.8 Å². The van der Waals surface area contributed by atoms with Crippen molar-refractivity contribution in [1.82, 2.24) is 21.1 Å². The van der Waals surface area contributed by atoms with Gasteiger partial charge in [-0.3, -0.25) is 30.1 Å². The summed E-state index contributed by atoms with van der Waals surface area (Å²) in [7, 11) is 0. The average molecular weight is 362 g/mol. The van der Waals surface area contributed by atoms with Gasteiger partial charge in [-0.15, -0.1) is 0 Å². The standard InChI is InChI=1S/C17H22N4O3S/c1-2-3-6-10-18-17(25)20-19-14(22)9-11-21-15(23)12-7-4-5-8-13(12)16(21)24/h4-5,7-8H,2-3,6,9-11H2,1H3,(H,19,22)(H2,18,20,25). The van der Waals surface area contributed by atoms with Crippen LogP contribution in [0.2, 0.25) is 0 Å². The van der Waals surface area contributed by atoms with Crippen molar-refractivity contribution in [3.63, 3.8) is 0 Å². The van der Waals surface area contributed by atoms with Gasteiger partial charge >= 0.3 is 0 Å². The number of hydrogen-bond donors (Lipinski definition) is 3. The minimum atomic E-state index is -0.366. The Morgan fingerprint density at radius 3 is 2.32 bits per heavy atom. The van der Waals surface area contributed by atoms with Gasteiger partial charge < -0.3 is 5.32 Å². The van der Waals surface area contributed by atoms with E-state index in [0.29, 0.717) is 16.2 Å². The molecule has 0 fully saturated rings. The number of carbonyl (C=O) groups excluding carboxylic acids is 3. The first-order chi connectivity index (χ1) is 12.0. The highest BCUT2D eigenvalue weighted by Crippen LogP contribution is 2.22. The molecule has 1 heterocycles. The lowest BCUT2D eigenvalue weighted by molar-refractivity contribution is -0.121. The van der Waals surface area contributed by atoms with Gasteiger partial charge in [-0.05, 0) is 30.8 Å². The number of carbonyl (C=O) groups is 3. The van der Waals surface area contributed by atoms with E-state index >= 15 is 0 Å². The van der Waals surface area contributed by atoms with Gasteiger partial charge in [0.1, 0.15) is 0 Å². The van der Waals surface area contributed by atoms with Crippen LogP contribution in [0.4, 0.5) is 0 Å². The van der Waals surface area contributed by atoms with Gasteiger partial charge in [-0.25, -0.2) is 0 Å². The second-order valence-corrected chi connectivity index (χ2v) is 6.10. The Morgan fingerprint density at radius 2 is 1.72 bits per heavy atom. The van der Waals surface area contributed by atoms with E-state index in [-0.39, 0.29) is 30.7 Å². The molecule has 2 rings (SSSR count). The van der Waals surface area contributed by atoms with Crippen LogP contribution in [0.3, 0.4) is 0 Å². The molecule has 1 aromatic carbocycles. The van der Waals surface area contributed by atoms with E-state index in [1.807, 2.05) is 0 Å². The Labute approximate surface area is 152 Å². The fourth-order valence-electron chi connectivity index (χ4n) is 2.47. The van der Waals surface area contributed by atoms with Crippen LogP contribution in [0, 0.1) is 0 Å². The molecule has 1 aliphatic heterocycles. The van der Waals surface area contributed by atoms with E-state index in [9.17, 15) is 14.4 Å². The van der Waals surface area contributed by atoms with Crippen LogP contribution >= 0.6 is 12.2 Å². The summed E-state index contributed by atoms with van der Waals surface area (Å²) in [5.74, 6) is -1.08. The average Bonchev–Trinajstić information content (AvgIpc) is 2.86. The number of rotatable bonds is 7. The highest BCUT2D eigenvalue weighted by molar-refractivity contribution is 7.80. The molecular formula is C17H22N4O3S. The summed E-state index contributed by atoms with van der Waals surface area (Å²) >= 11 is 5.04. The van der Waals surface area contributed by atoms with Gasteiger partial charge in [0.05, 0.1) is 11.1 Å². The number of hydrogen-bond acceptors (Lipinski definition) is 4. The number of amides is 3. The molecule has 8 heteroatoms. The molecule has 25 heavy (non-hydrogen) atoms. The molecule has 134 valence electrons. The lowest BCUT2D eigenvalue weighted by Crippen LogP contribution is -2.47. The quantitative estimate of drug-likeness (QED) is 0.294. The fraction of sp³-hybridized carbons (Fsp3) is 0.412. The number of fused-ring (bicyclic) bond motifs is 1. The first-order valence-electron chi connectivity index (χ1n) is 8.32. The number of nitrogens with one attached hydrogen (secondary N) is 3. The predicted molar refractivity (Wildman–Crippen MR) is 97.8 cm³/mol. The lowest BCUT2D eigenvalue weighted by Gasteiger charge is -2.14. The van der Waals surface area contributed by atoms with E-state index in [0.717, 1.165) is 30.7 Å². The third-order valence-corrected chi connectivity index (χ3v) is 4.07. The van der Waals surface area contributed by atoms with Crippen molar-refractivity contribution in [3.8, 4) is 0 Å². The molecule has 3 amide bonds. The Balaban J connectivity index is 1.71. The van der Waals surface area contributed by atoms with Gasteiger partial charge in [0, 0.05) is 19.5 Å². The third kappa shape index (κ3) is 4.99. The minimum absolute atomic E-state index is 0.00306. The van der Waals surface area contributed by atoms with Gasteiger partial charge in [0.2, 0.25) is 5.91 Å². The maximum Gasteiger partial charge on any atom is 0.261 e. The topological polar surface area (TPSA) is 90.5 Å². The van der Waals surface area contributed by atoms with Gasteiger partial charge in [-0.1, -0.05) is 31.9 Å². The smallest absolute Gasteiger partial charge is 0.261 e. The summed E-state index contributed by atoms with van der Waals surface area (Å²) in [6, 6.07) is 6.64. The van der Waals surface area contributed by atoms with Crippen molar-refractivity contribution in [2.75, 3.05) is 13.1 Å². The zero-order valence-electron chi connectivity index (χ0n) is 14.1. The van der Waals surface area contributed by atoms with Crippen molar-refractivity contribution < 1.29 is 14.4 Å². The molecule has 0 saturated heterocycles. The van der Waals surface area contributed by atoms with Crippen LogP contribution in [0.5, 0.6) is 0 Å². The molecule has 0 spiro atoms. The molecule has 1 aliphatic rings. The highest BCUT2D eigenvalue weighted by atomic mass is 32.1. The Hall–Kier alpha value is -2.48. The Bertz CT molecular complexity index is 643. The van der Waals surface area contributed by atoms with Crippen molar-refractivity contribution in [1.29, 1.82) is 0 Å². The number of imide groups is 1. The van der Waals surface area contributed by atoms with E-state index in [1.165, 1.54) is 0 Å². The zero-order chi connectivity index (χ0) is 18.2. The molecule has 0 aliphatic carbocycles. The van der Waals surface area contributed by atoms with E-state index in [2.05, 4.69) is 23.1 Å². The summed E-state index contributed by atoms with van der Waals surface area (Å²) in [4.78, 5) is 37.3. The fourth-order valence-corrected chi connectivity index (χ4v) is 2.62. The van der Waals surface area contributed by atoms with Gasteiger partial charge in [-0.2, -0.15) is 0 Å². The number of nitrogens with zero attached hydrogens (tertiary/aromatic N) is 1. The first kappa shape index (κ1) is 18.9. The molecule has 0 saturated carbocycles. The summed E-state index contributed by atoms with van der Waals surface area (Å²) in [6.45, 7) is 2.88. The van der Waals surface area contributed by atoms with Crippen LogP contribution in [0.25, 0.3) is 0 Å². The normalized spacial score (nSPS) is 12.8. The minimum Gasteiger partial charge on any atom is -0.361 e. The monoisotopic (exact) mass is 362 g/mol. The molecule has 0 unspecified atom stereocenters. The number of benzene rings is 1. The summed E-state index contributed by atoms with van der Waals surface area (Å²) < 4.78 is 0. The second-order valence-electron chi connectivity index (χ2n) is 5.69. The third-order valence-electron chi connectivity index (χ3n) is 3.82. The van der Waals surface area contributed by atoms with E-state index in [4.69, 9.17) is 12.2 Å². The van der Waals surface area contributed by atoms with Crippen LogP contribution < -0.4 is 16.2 Å². The Kier molecular flexibility index (Phi) is 6.88. The molecule has 0 bridgehead atoms. The van der Waals surface area contributed by atoms with Gasteiger partial charge in [0.15, 0.2) is 5.11 Å². The maximum absolute atomic E-state index is 12.2. The molecule has 3 N–H and O–H groups in total. The molecule has 0 aromatic heterocycles. The van der Waals surface area contributed by atoms with Crippen LogP contribution in [-0.2, 0) is 4.79 Å². The molecule has 7 nitrogen and oxygen atoms in total. The Morgan fingerprint density at radius 1 is 1.08 bits per heavy atom. The summed E-state index contributed by atoms with van der Waals surface area (Å²) in [6.07, 6.45) is 3.24. The molecular weight excluding hydrogens is 340 g/mol. The predicted octanol–water partition coefficient (Wildman–Crippen LogP) is 1.36. The van der Waals surface area contributed by atoms with E-state index < -0.39 is 0 Å². The lowest BCUT2D eigenvalue weighted by atomic mass is 10.1. The van der Waals surface area contributed by atoms with Crippen LogP contribution in [0.1, 0.15) is 53.3 Å². The SMILES string of the molecule is CCCCCNC(=S)NNC(=O)CCN1C(=O)c2ccccc2C1=O. The largest absolute Gasteiger partial charge is 0.361 e. The number of thiocarbonyl (C=S) groups is 1. The molecule has 1 aromatic rings. The second kappa shape index (κ2) is 9.12. The number of unbranched alkanes of at least 4 members (excludes halogenated alkanes) is 2. The van der Waals surface area contributed by atoms with Crippen LogP contribution in [0.15, 0.2) is 24.3 Å².